The number of rotatable bonds is 3. The molecular formula is C18H17F2N3S. The molecule has 0 aliphatic carbocycles. The number of halogens is 2. The van der Waals surface area contributed by atoms with Gasteiger partial charge >= 0.3 is 0 Å². The van der Waals surface area contributed by atoms with Crippen LogP contribution in [0.1, 0.15) is 24.0 Å². The summed E-state index contributed by atoms with van der Waals surface area (Å²) >= 11 is 1.62. The molecule has 0 radical (unpaired) electrons. The Bertz CT molecular complexity index is 855. The molecule has 0 spiro atoms. The average Bonchev–Trinajstić information content (AvgIpc) is 3.24. The maximum Gasteiger partial charge on any atom is 0.264 e. The van der Waals surface area contributed by atoms with E-state index in [1.165, 1.54) is 0 Å². The second kappa shape index (κ2) is 6.02. The van der Waals surface area contributed by atoms with Gasteiger partial charge in [0.2, 0.25) is 0 Å². The third kappa shape index (κ3) is 2.60. The van der Waals surface area contributed by atoms with Crippen LogP contribution in [0.5, 0.6) is 0 Å². The van der Waals surface area contributed by atoms with Crippen molar-refractivity contribution in [2.75, 3.05) is 11.4 Å². The topological polar surface area (TPSA) is 21.1 Å². The van der Waals surface area contributed by atoms with Crippen molar-refractivity contribution in [2.24, 2.45) is 7.05 Å². The van der Waals surface area contributed by atoms with Crippen molar-refractivity contribution in [2.45, 2.75) is 19.3 Å². The lowest BCUT2D eigenvalue weighted by Crippen LogP contribution is -2.24. The molecule has 6 heteroatoms. The van der Waals surface area contributed by atoms with Gasteiger partial charge in [0.1, 0.15) is 0 Å². The molecule has 3 heterocycles. The van der Waals surface area contributed by atoms with Crippen LogP contribution in [0.4, 0.5) is 20.2 Å². The summed E-state index contributed by atoms with van der Waals surface area (Å²) in [7, 11) is 1.79. The van der Waals surface area contributed by atoms with E-state index in [9.17, 15) is 8.78 Å². The first-order chi connectivity index (χ1) is 11.6. The van der Waals surface area contributed by atoms with E-state index in [0.717, 1.165) is 41.9 Å². The highest BCUT2D eigenvalue weighted by molar-refractivity contribution is 7.08. The maximum atomic E-state index is 13.7. The maximum absolute atomic E-state index is 13.7. The minimum Gasteiger partial charge on any atom is -0.341 e. The first-order valence-electron chi connectivity index (χ1n) is 7.87. The first-order valence-corrected chi connectivity index (χ1v) is 8.81. The summed E-state index contributed by atoms with van der Waals surface area (Å²) in [5, 5.41) is 8.20. The number of anilines is 2. The first kappa shape index (κ1) is 15.3. The molecule has 0 fully saturated rings. The number of thiophene rings is 1. The average molecular weight is 345 g/mol. The lowest BCUT2D eigenvalue weighted by molar-refractivity contribution is 0.152. The fourth-order valence-corrected chi connectivity index (χ4v) is 3.96. The Kier molecular flexibility index (Phi) is 3.84. The van der Waals surface area contributed by atoms with E-state index in [2.05, 4.69) is 15.4 Å². The monoisotopic (exact) mass is 345 g/mol. The minimum absolute atomic E-state index is 0.0730. The van der Waals surface area contributed by atoms with Crippen LogP contribution < -0.4 is 4.90 Å². The summed E-state index contributed by atoms with van der Waals surface area (Å²) < 4.78 is 29.1. The van der Waals surface area contributed by atoms with Gasteiger partial charge in [0, 0.05) is 42.0 Å². The van der Waals surface area contributed by atoms with Crippen LogP contribution >= 0.6 is 11.3 Å². The largest absolute Gasteiger partial charge is 0.341 e. The van der Waals surface area contributed by atoms with E-state index in [1.807, 2.05) is 17.5 Å². The fraction of sp³-hybridized carbons (Fsp3) is 0.278. The predicted molar refractivity (Wildman–Crippen MR) is 93.2 cm³/mol. The molecule has 24 heavy (non-hydrogen) atoms. The number of benzene rings is 1. The van der Waals surface area contributed by atoms with E-state index < -0.39 is 6.43 Å². The summed E-state index contributed by atoms with van der Waals surface area (Å²) in [6.45, 7) is 0.860. The number of aryl methyl sites for hydroxylation is 2. The third-order valence-corrected chi connectivity index (χ3v) is 5.11. The lowest BCUT2D eigenvalue weighted by Gasteiger charge is -2.31. The highest BCUT2D eigenvalue weighted by Crippen LogP contribution is 2.41. The normalized spacial score (nSPS) is 14.2. The van der Waals surface area contributed by atoms with Gasteiger partial charge in [0.25, 0.3) is 6.43 Å². The number of nitrogens with zero attached hydrogens (tertiary/aromatic N) is 3. The van der Waals surface area contributed by atoms with Crippen LogP contribution in [0, 0.1) is 0 Å². The number of aromatic nitrogens is 2. The van der Waals surface area contributed by atoms with E-state index in [-0.39, 0.29) is 5.56 Å². The summed E-state index contributed by atoms with van der Waals surface area (Å²) in [4.78, 5) is 2.15. The molecule has 0 atom stereocenters. The van der Waals surface area contributed by atoms with Gasteiger partial charge in [0.05, 0.1) is 11.9 Å². The molecule has 0 bridgehead atoms. The Labute approximate surface area is 143 Å². The van der Waals surface area contributed by atoms with Crippen molar-refractivity contribution < 1.29 is 8.78 Å². The summed E-state index contributed by atoms with van der Waals surface area (Å²) in [6, 6.07) is 5.63. The summed E-state index contributed by atoms with van der Waals surface area (Å²) in [5.41, 5.74) is 4.50. The smallest absolute Gasteiger partial charge is 0.264 e. The molecule has 0 saturated carbocycles. The van der Waals surface area contributed by atoms with Gasteiger partial charge in [-0.1, -0.05) is 0 Å². The molecule has 0 unspecified atom stereocenters. The van der Waals surface area contributed by atoms with Crippen LogP contribution in [0.3, 0.4) is 0 Å². The Balaban J connectivity index is 1.87. The summed E-state index contributed by atoms with van der Waals surface area (Å²) in [6.07, 6.45) is 2.84. The molecular weight excluding hydrogens is 328 g/mol. The molecule has 0 amide bonds. The quantitative estimate of drug-likeness (QED) is 0.653. The molecule has 124 valence electrons. The standard InChI is InChI=1S/C18H17F2N3S/c1-22-10-13(9-21-22)15-7-12-3-2-5-23(14-4-6-24-11-14)17(12)8-16(15)18(19)20/h4,6-11,18H,2-3,5H2,1H3. The Hall–Kier alpha value is -2.21. The molecule has 2 aromatic heterocycles. The molecule has 3 nitrogen and oxygen atoms in total. The zero-order valence-corrected chi connectivity index (χ0v) is 14.1. The Morgan fingerprint density at radius 2 is 2.17 bits per heavy atom. The molecule has 3 aromatic rings. The third-order valence-electron chi connectivity index (χ3n) is 4.44. The minimum atomic E-state index is -2.52. The van der Waals surface area contributed by atoms with Crippen LogP contribution in [0.15, 0.2) is 41.4 Å². The van der Waals surface area contributed by atoms with Gasteiger partial charge in [-0.25, -0.2) is 8.78 Å². The van der Waals surface area contributed by atoms with Crippen molar-refractivity contribution in [3.05, 3.63) is 52.5 Å². The van der Waals surface area contributed by atoms with Gasteiger partial charge in [0.15, 0.2) is 0 Å². The lowest BCUT2D eigenvalue weighted by atomic mass is 9.93. The van der Waals surface area contributed by atoms with Crippen molar-refractivity contribution in [3.63, 3.8) is 0 Å². The van der Waals surface area contributed by atoms with Crippen molar-refractivity contribution in [1.82, 2.24) is 9.78 Å². The van der Waals surface area contributed by atoms with Crippen LogP contribution in [0.2, 0.25) is 0 Å². The van der Waals surface area contributed by atoms with Gasteiger partial charge in [-0.05, 0) is 47.5 Å². The zero-order valence-electron chi connectivity index (χ0n) is 13.2. The van der Waals surface area contributed by atoms with E-state index >= 15 is 0 Å². The number of fused-ring (bicyclic) bond motifs is 1. The van der Waals surface area contributed by atoms with Gasteiger partial charge in [-0.2, -0.15) is 16.4 Å². The van der Waals surface area contributed by atoms with Crippen molar-refractivity contribution in [3.8, 4) is 11.1 Å². The summed E-state index contributed by atoms with van der Waals surface area (Å²) in [5.74, 6) is 0. The molecule has 1 aliphatic heterocycles. The molecule has 4 rings (SSSR count). The molecule has 0 saturated heterocycles. The Morgan fingerprint density at radius 1 is 1.29 bits per heavy atom. The van der Waals surface area contributed by atoms with E-state index in [1.54, 1.807) is 41.5 Å². The van der Waals surface area contributed by atoms with E-state index in [4.69, 9.17) is 0 Å². The van der Waals surface area contributed by atoms with Crippen LogP contribution in [0.25, 0.3) is 11.1 Å². The fourth-order valence-electron chi connectivity index (χ4n) is 3.32. The van der Waals surface area contributed by atoms with Gasteiger partial charge in [-0.15, -0.1) is 0 Å². The molecule has 1 aliphatic rings. The second-order valence-electron chi connectivity index (χ2n) is 6.01. The Morgan fingerprint density at radius 3 is 2.83 bits per heavy atom. The van der Waals surface area contributed by atoms with E-state index in [0.29, 0.717) is 5.56 Å². The van der Waals surface area contributed by atoms with Crippen molar-refractivity contribution in [1.29, 1.82) is 0 Å². The number of hydrogen-bond donors (Lipinski definition) is 0. The van der Waals surface area contributed by atoms with Crippen LogP contribution in [-0.2, 0) is 13.5 Å². The molecule has 0 N–H and O–H groups in total. The van der Waals surface area contributed by atoms with Gasteiger partial charge in [-0.3, -0.25) is 4.68 Å². The second-order valence-corrected chi connectivity index (χ2v) is 6.79. The highest BCUT2D eigenvalue weighted by Gasteiger charge is 2.24. The number of alkyl halides is 2. The SMILES string of the molecule is Cn1cc(-c2cc3c(cc2C(F)F)N(c2ccsc2)CCC3)cn1. The zero-order chi connectivity index (χ0) is 16.7. The van der Waals surface area contributed by atoms with Crippen molar-refractivity contribution >= 4 is 22.7 Å². The highest BCUT2D eigenvalue weighted by atomic mass is 32.1. The number of hydrogen-bond acceptors (Lipinski definition) is 3. The predicted octanol–water partition coefficient (Wildman–Crippen LogP) is 5.17. The van der Waals surface area contributed by atoms with Gasteiger partial charge < -0.3 is 4.90 Å². The molecule has 1 aromatic carbocycles. The van der Waals surface area contributed by atoms with Crippen LogP contribution in [-0.4, -0.2) is 16.3 Å².